The van der Waals surface area contributed by atoms with Crippen molar-refractivity contribution in [3.05, 3.63) is 65.2 Å². The predicted octanol–water partition coefficient (Wildman–Crippen LogP) is 2.64. The number of likely N-dealkylation sites (tertiary alicyclic amines) is 1. The highest BCUT2D eigenvalue weighted by Gasteiger charge is 2.24. The van der Waals surface area contributed by atoms with Gasteiger partial charge in [-0.1, -0.05) is 30.3 Å². The first kappa shape index (κ1) is 19.4. The van der Waals surface area contributed by atoms with Crippen molar-refractivity contribution in [1.29, 1.82) is 0 Å². The minimum Gasteiger partial charge on any atom is -0.395 e. The Kier molecular flexibility index (Phi) is 6.48. The average Bonchev–Trinajstić information content (AvgIpc) is 3.14. The van der Waals surface area contributed by atoms with Crippen molar-refractivity contribution in [3.8, 4) is 0 Å². The molecular weight excluding hydrogens is 338 g/mol. The molecule has 2 aromatic carbocycles. The monoisotopic (exact) mass is 367 g/mol. The molecule has 1 aliphatic heterocycles. The van der Waals surface area contributed by atoms with Crippen molar-refractivity contribution >= 4 is 11.6 Å². The van der Waals surface area contributed by atoms with E-state index in [4.69, 9.17) is 0 Å². The van der Waals surface area contributed by atoms with Gasteiger partial charge in [-0.05, 0) is 48.7 Å². The van der Waals surface area contributed by atoms with Crippen LogP contribution in [0, 0.1) is 0 Å². The van der Waals surface area contributed by atoms with Gasteiger partial charge in [0.05, 0.1) is 6.61 Å². The van der Waals surface area contributed by atoms with Gasteiger partial charge in [0.1, 0.15) is 0 Å². The molecule has 0 saturated carbocycles. The van der Waals surface area contributed by atoms with Crippen LogP contribution >= 0.6 is 0 Å². The highest BCUT2D eigenvalue weighted by atomic mass is 16.3. The number of rotatable bonds is 7. The molecule has 1 aliphatic rings. The molecule has 5 heteroatoms. The van der Waals surface area contributed by atoms with Crippen LogP contribution in [0.15, 0.2) is 48.5 Å². The molecule has 3 rings (SSSR count). The van der Waals surface area contributed by atoms with Gasteiger partial charge in [-0.3, -0.25) is 9.69 Å². The van der Waals surface area contributed by atoms with Gasteiger partial charge in [0, 0.05) is 44.5 Å². The number of amides is 1. The Morgan fingerprint density at radius 2 is 1.96 bits per heavy atom. The highest BCUT2D eigenvalue weighted by Crippen LogP contribution is 2.21. The maximum atomic E-state index is 12.6. The van der Waals surface area contributed by atoms with Crippen molar-refractivity contribution in [2.75, 3.05) is 32.1 Å². The maximum Gasteiger partial charge on any atom is 0.251 e. The standard InChI is InChI=1S/C22H29N3O2/c1-24(2)20-10-5-9-17(13-20)22(27)23-14-18-7-3-4-8-19(18)15-25-12-6-11-21(25)16-26/h3-5,7-10,13,21,26H,6,11-12,14-16H2,1-2H3,(H,23,27). The first-order valence-corrected chi connectivity index (χ1v) is 9.55. The third-order valence-corrected chi connectivity index (χ3v) is 5.27. The lowest BCUT2D eigenvalue weighted by Gasteiger charge is -2.24. The molecular formula is C22H29N3O2. The largest absolute Gasteiger partial charge is 0.395 e. The molecule has 1 fully saturated rings. The minimum absolute atomic E-state index is 0.0667. The SMILES string of the molecule is CN(C)c1cccc(C(=O)NCc2ccccc2CN2CCCC2CO)c1. The Labute approximate surface area is 161 Å². The second-order valence-electron chi connectivity index (χ2n) is 7.35. The van der Waals surface area contributed by atoms with Crippen LogP contribution in [0.25, 0.3) is 0 Å². The zero-order valence-corrected chi connectivity index (χ0v) is 16.2. The van der Waals surface area contributed by atoms with E-state index in [2.05, 4.69) is 22.3 Å². The molecule has 0 aromatic heterocycles. The normalized spacial score (nSPS) is 17.1. The zero-order valence-electron chi connectivity index (χ0n) is 16.2. The first-order chi connectivity index (χ1) is 13.1. The van der Waals surface area contributed by atoms with E-state index in [0.717, 1.165) is 37.2 Å². The van der Waals surface area contributed by atoms with Crippen molar-refractivity contribution in [1.82, 2.24) is 10.2 Å². The number of benzene rings is 2. The van der Waals surface area contributed by atoms with Gasteiger partial charge in [-0.25, -0.2) is 0 Å². The van der Waals surface area contributed by atoms with Crippen LogP contribution in [-0.4, -0.2) is 49.2 Å². The van der Waals surface area contributed by atoms with Crippen LogP contribution < -0.4 is 10.2 Å². The lowest BCUT2D eigenvalue weighted by molar-refractivity contribution is 0.0950. The predicted molar refractivity (Wildman–Crippen MR) is 109 cm³/mol. The van der Waals surface area contributed by atoms with Crippen LogP contribution in [0.3, 0.4) is 0 Å². The molecule has 5 nitrogen and oxygen atoms in total. The van der Waals surface area contributed by atoms with Gasteiger partial charge < -0.3 is 15.3 Å². The van der Waals surface area contributed by atoms with Crippen LogP contribution in [0.5, 0.6) is 0 Å². The number of nitrogens with zero attached hydrogens (tertiary/aromatic N) is 2. The van der Waals surface area contributed by atoms with E-state index >= 15 is 0 Å². The Morgan fingerprint density at radius 3 is 2.70 bits per heavy atom. The average molecular weight is 367 g/mol. The molecule has 2 aromatic rings. The van der Waals surface area contributed by atoms with E-state index in [0.29, 0.717) is 12.1 Å². The Morgan fingerprint density at radius 1 is 1.19 bits per heavy atom. The van der Waals surface area contributed by atoms with E-state index in [-0.39, 0.29) is 18.6 Å². The summed E-state index contributed by atoms with van der Waals surface area (Å²) < 4.78 is 0. The fourth-order valence-electron chi connectivity index (χ4n) is 3.62. The zero-order chi connectivity index (χ0) is 19.2. The fraction of sp³-hybridized carbons (Fsp3) is 0.409. The van der Waals surface area contributed by atoms with Crippen LogP contribution in [0.2, 0.25) is 0 Å². The van der Waals surface area contributed by atoms with E-state index in [1.54, 1.807) is 0 Å². The minimum atomic E-state index is -0.0667. The lowest BCUT2D eigenvalue weighted by Crippen LogP contribution is -2.32. The van der Waals surface area contributed by atoms with Crippen LogP contribution in [0.4, 0.5) is 5.69 Å². The van der Waals surface area contributed by atoms with Crippen molar-refractivity contribution in [2.24, 2.45) is 0 Å². The van der Waals surface area contributed by atoms with Gasteiger partial charge in [0.15, 0.2) is 0 Å². The number of carbonyl (C=O) groups excluding carboxylic acids is 1. The molecule has 1 saturated heterocycles. The summed E-state index contributed by atoms with van der Waals surface area (Å²) in [6.07, 6.45) is 2.18. The molecule has 0 radical (unpaired) electrons. The van der Waals surface area contributed by atoms with Crippen LogP contribution in [0.1, 0.15) is 34.3 Å². The summed E-state index contributed by atoms with van der Waals surface area (Å²) >= 11 is 0. The summed E-state index contributed by atoms with van der Waals surface area (Å²) in [5.41, 5.74) is 4.00. The Bertz CT molecular complexity index is 776. The maximum absolute atomic E-state index is 12.6. The Balaban J connectivity index is 1.66. The molecule has 0 bridgehead atoms. The Hall–Kier alpha value is -2.37. The third-order valence-electron chi connectivity index (χ3n) is 5.27. The topological polar surface area (TPSA) is 55.8 Å². The second-order valence-corrected chi connectivity index (χ2v) is 7.35. The number of aliphatic hydroxyl groups is 1. The molecule has 144 valence electrons. The lowest BCUT2D eigenvalue weighted by atomic mass is 10.1. The number of anilines is 1. The van der Waals surface area contributed by atoms with Crippen LogP contribution in [-0.2, 0) is 13.1 Å². The summed E-state index contributed by atoms with van der Waals surface area (Å²) in [4.78, 5) is 16.9. The molecule has 0 spiro atoms. The van der Waals surface area contributed by atoms with Gasteiger partial charge in [-0.15, -0.1) is 0 Å². The number of carbonyl (C=O) groups is 1. The summed E-state index contributed by atoms with van der Waals surface area (Å²) in [5, 5.41) is 12.6. The number of hydrogen-bond acceptors (Lipinski definition) is 4. The molecule has 1 heterocycles. The first-order valence-electron chi connectivity index (χ1n) is 9.55. The van der Waals surface area contributed by atoms with Crippen molar-refractivity contribution < 1.29 is 9.90 Å². The molecule has 1 atom stereocenters. The molecule has 1 unspecified atom stereocenters. The third kappa shape index (κ3) is 4.87. The van der Waals surface area contributed by atoms with E-state index in [1.807, 2.05) is 55.4 Å². The smallest absolute Gasteiger partial charge is 0.251 e. The molecule has 2 N–H and O–H groups in total. The van der Waals surface area contributed by atoms with E-state index in [1.165, 1.54) is 5.56 Å². The number of nitrogens with one attached hydrogen (secondary N) is 1. The van der Waals surface area contributed by atoms with Gasteiger partial charge in [0.2, 0.25) is 0 Å². The van der Waals surface area contributed by atoms with Crippen molar-refractivity contribution in [3.63, 3.8) is 0 Å². The quantitative estimate of drug-likeness (QED) is 0.790. The van der Waals surface area contributed by atoms with E-state index < -0.39 is 0 Å². The summed E-state index contributed by atoms with van der Waals surface area (Å²) in [5.74, 6) is -0.0667. The number of aliphatic hydroxyl groups excluding tert-OH is 1. The van der Waals surface area contributed by atoms with Gasteiger partial charge in [0.25, 0.3) is 5.91 Å². The van der Waals surface area contributed by atoms with E-state index in [9.17, 15) is 9.90 Å². The summed E-state index contributed by atoms with van der Waals surface area (Å²) in [6, 6.07) is 16.1. The second kappa shape index (κ2) is 9.02. The molecule has 1 amide bonds. The summed E-state index contributed by atoms with van der Waals surface area (Å²) in [7, 11) is 3.93. The summed E-state index contributed by atoms with van der Waals surface area (Å²) in [6.45, 7) is 2.54. The van der Waals surface area contributed by atoms with Gasteiger partial charge in [-0.2, -0.15) is 0 Å². The molecule has 27 heavy (non-hydrogen) atoms. The van der Waals surface area contributed by atoms with Gasteiger partial charge >= 0.3 is 0 Å². The van der Waals surface area contributed by atoms with Crippen molar-refractivity contribution in [2.45, 2.75) is 32.0 Å². The number of hydrogen-bond donors (Lipinski definition) is 2. The highest BCUT2D eigenvalue weighted by molar-refractivity contribution is 5.95. The fourth-order valence-corrected chi connectivity index (χ4v) is 3.62. The molecule has 0 aliphatic carbocycles.